The molecule has 0 aliphatic carbocycles. The first-order chi connectivity index (χ1) is 14.2. The third kappa shape index (κ3) is 4.40. The van der Waals surface area contributed by atoms with Crippen LogP contribution in [0.1, 0.15) is 16.7 Å². The number of hydrogen-bond donors (Lipinski definition) is 2. The lowest BCUT2D eigenvalue weighted by Gasteiger charge is -2.24. The first kappa shape index (κ1) is 21.6. The van der Waals surface area contributed by atoms with Gasteiger partial charge in [0, 0.05) is 31.4 Å². The number of nitrogens with two attached hydrogens (primary N) is 2. The monoisotopic (exact) mass is 428 g/mol. The first-order valence-electron chi connectivity index (χ1n) is 9.27. The number of benzene rings is 2. The van der Waals surface area contributed by atoms with Crippen LogP contribution in [0.5, 0.6) is 5.75 Å². The van der Waals surface area contributed by atoms with E-state index < -0.39 is 6.03 Å². The number of halogens is 1. The van der Waals surface area contributed by atoms with Crippen molar-refractivity contribution in [2.24, 2.45) is 18.7 Å². The van der Waals surface area contributed by atoms with Gasteiger partial charge < -0.3 is 4.74 Å². The second kappa shape index (κ2) is 8.74. The van der Waals surface area contributed by atoms with Gasteiger partial charge in [0.2, 0.25) is 0 Å². The number of ether oxygens (including phenoxy) is 1. The molecular formula is C21H25ClN6O2. The van der Waals surface area contributed by atoms with E-state index in [9.17, 15) is 4.79 Å². The van der Waals surface area contributed by atoms with Crippen molar-refractivity contribution in [2.45, 2.75) is 20.5 Å². The van der Waals surface area contributed by atoms with E-state index in [1.807, 2.05) is 57.4 Å². The molecule has 2 amide bonds. The first-order valence-corrected chi connectivity index (χ1v) is 9.65. The number of urea groups is 1. The highest BCUT2D eigenvalue weighted by atomic mass is 35.5. The molecule has 0 aliphatic heterocycles. The Morgan fingerprint density at radius 2 is 1.93 bits per heavy atom. The van der Waals surface area contributed by atoms with Crippen molar-refractivity contribution in [2.75, 3.05) is 12.1 Å². The molecule has 2 aromatic carbocycles. The van der Waals surface area contributed by atoms with Crippen LogP contribution in [-0.4, -0.2) is 27.9 Å². The molecule has 3 rings (SSSR count). The van der Waals surface area contributed by atoms with Gasteiger partial charge in [-0.1, -0.05) is 23.7 Å². The minimum Gasteiger partial charge on any atom is -0.487 e. The highest BCUT2D eigenvalue weighted by Gasteiger charge is 2.19. The SMILES string of the molecule is Cc1cn(C)nc1-c1ccc(OCc2c(C)cccc2N(N)C(=O)N(C)N)c(Cl)c1. The van der Waals surface area contributed by atoms with Crippen molar-refractivity contribution in [1.29, 1.82) is 0 Å². The Morgan fingerprint density at radius 1 is 1.20 bits per heavy atom. The number of hydrogen-bond acceptors (Lipinski definition) is 5. The molecule has 0 saturated heterocycles. The molecule has 0 spiro atoms. The smallest absolute Gasteiger partial charge is 0.352 e. The normalized spacial score (nSPS) is 10.8. The summed E-state index contributed by atoms with van der Waals surface area (Å²) >= 11 is 6.47. The van der Waals surface area contributed by atoms with Crippen LogP contribution in [0.4, 0.5) is 10.5 Å². The largest absolute Gasteiger partial charge is 0.487 e. The van der Waals surface area contributed by atoms with E-state index in [0.29, 0.717) is 16.5 Å². The van der Waals surface area contributed by atoms with E-state index in [2.05, 4.69) is 5.10 Å². The lowest BCUT2D eigenvalue weighted by atomic mass is 10.1. The van der Waals surface area contributed by atoms with Gasteiger partial charge in [-0.2, -0.15) is 5.10 Å². The number of aromatic nitrogens is 2. The average molecular weight is 429 g/mol. The van der Waals surface area contributed by atoms with Crippen molar-refractivity contribution in [3.63, 3.8) is 0 Å². The van der Waals surface area contributed by atoms with Crippen LogP contribution in [0.25, 0.3) is 11.3 Å². The van der Waals surface area contributed by atoms with Gasteiger partial charge in [0.05, 0.1) is 16.4 Å². The molecule has 1 heterocycles. The molecular weight excluding hydrogens is 404 g/mol. The lowest BCUT2D eigenvalue weighted by Crippen LogP contribution is -2.49. The molecule has 0 aliphatic rings. The topological polar surface area (TPSA) is 103 Å². The van der Waals surface area contributed by atoms with Gasteiger partial charge in [0.1, 0.15) is 12.4 Å². The van der Waals surface area contributed by atoms with E-state index in [4.69, 9.17) is 28.0 Å². The summed E-state index contributed by atoms with van der Waals surface area (Å²) in [7, 11) is 3.31. The summed E-state index contributed by atoms with van der Waals surface area (Å²) in [5.74, 6) is 12.0. The molecule has 9 heteroatoms. The van der Waals surface area contributed by atoms with Crippen molar-refractivity contribution in [3.05, 3.63) is 64.3 Å². The number of nitrogens with zero attached hydrogens (tertiary/aromatic N) is 4. The summed E-state index contributed by atoms with van der Waals surface area (Å²) in [4.78, 5) is 12.2. The molecule has 8 nitrogen and oxygen atoms in total. The minimum absolute atomic E-state index is 0.180. The van der Waals surface area contributed by atoms with Gasteiger partial charge in [-0.15, -0.1) is 0 Å². The Morgan fingerprint density at radius 3 is 2.53 bits per heavy atom. The summed E-state index contributed by atoms with van der Waals surface area (Å²) in [6.07, 6.45) is 1.95. The zero-order chi connectivity index (χ0) is 22.0. The number of rotatable bonds is 5. The van der Waals surface area contributed by atoms with Crippen LogP contribution in [0.15, 0.2) is 42.6 Å². The quantitative estimate of drug-likeness (QED) is 0.367. The fourth-order valence-electron chi connectivity index (χ4n) is 3.18. The number of hydrazine groups is 2. The second-order valence-corrected chi connectivity index (χ2v) is 7.51. The number of carbonyl (C=O) groups excluding carboxylic acids is 1. The Labute approximate surface area is 180 Å². The number of aryl methyl sites for hydroxylation is 3. The molecule has 0 atom stereocenters. The zero-order valence-electron chi connectivity index (χ0n) is 17.4. The lowest BCUT2D eigenvalue weighted by molar-refractivity contribution is 0.216. The molecule has 4 N–H and O–H groups in total. The fraction of sp³-hybridized carbons (Fsp3) is 0.238. The Kier molecular flexibility index (Phi) is 6.31. The van der Waals surface area contributed by atoms with Crippen LogP contribution < -0.4 is 21.4 Å². The third-order valence-corrected chi connectivity index (χ3v) is 5.04. The third-order valence-electron chi connectivity index (χ3n) is 4.74. The van der Waals surface area contributed by atoms with Gasteiger partial charge >= 0.3 is 6.03 Å². The van der Waals surface area contributed by atoms with Crippen molar-refractivity contribution >= 4 is 23.3 Å². The molecule has 0 fully saturated rings. The summed E-state index contributed by atoms with van der Waals surface area (Å²) in [6.45, 7) is 4.10. The maximum atomic E-state index is 12.2. The summed E-state index contributed by atoms with van der Waals surface area (Å²) < 4.78 is 7.73. The number of anilines is 1. The predicted octanol–water partition coefficient (Wildman–Crippen LogP) is 3.54. The Bertz CT molecular complexity index is 1080. The van der Waals surface area contributed by atoms with Crippen molar-refractivity contribution in [3.8, 4) is 17.0 Å². The van der Waals surface area contributed by atoms with Gasteiger partial charge in [-0.25, -0.2) is 21.5 Å². The van der Waals surface area contributed by atoms with Crippen LogP contribution in [0, 0.1) is 13.8 Å². The average Bonchev–Trinajstić information content (AvgIpc) is 3.04. The maximum Gasteiger partial charge on any atom is 0.352 e. The van der Waals surface area contributed by atoms with Gasteiger partial charge in [-0.3, -0.25) is 9.69 Å². The molecule has 0 bridgehead atoms. The Balaban J connectivity index is 1.84. The number of carbonyl (C=O) groups is 1. The molecule has 158 valence electrons. The van der Waals surface area contributed by atoms with E-state index in [1.165, 1.54) is 7.05 Å². The molecule has 3 aromatic rings. The number of amides is 2. The van der Waals surface area contributed by atoms with Crippen LogP contribution in [-0.2, 0) is 13.7 Å². The van der Waals surface area contributed by atoms with Gasteiger partial charge in [0.15, 0.2) is 0 Å². The maximum absolute atomic E-state index is 12.2. The summed E-state index contributed by atoms with van der Waals surface area (Å²) in [6, 6.07) is 10.5. The van der Waals surface area contributed by atoms with Gasteiger partial charge in [-0.05, 0) is 49.2 Å². The molecule has 0 saturated carbocycles. The summed E-state index contributed by atoms with van der Waals surface area (Å²) in [5.41, 5.74) is 5.03. The van der Waals surface area contributed by atoms with Crippen LogP contribution >= 0.6 is 11.6 Å². The molecule has 30 heavy (non-hydrogen) atoms. The highest BCUT2D eigenvalue weighted by molar-refractivity contribution is 6.32. The zero-order valence-corrected chi connectivity index (χ0v) is 18.1. The molecule has 0 radical (unpaired) electrons. The second-order valence-electron chi connectivity index (χ2n) is 7.10. The molecule has 1 aromatic heterocycles. The van der Waals surface area contributed by atoms with Crippen LogP contribution in [0.2, 0.25) is 5.02 Å². The van der Waals surface area contributed by atoms with Crippen molar-refractivity contribution in [1.82, 2.24) is 14.8 Å². The predicted molar refractivity (Wildman–Crippen MR) is 118 cm³/mol. The highest BCUT2D eigenvalue weighted by Crippen LogP contribution is 2.32. The molecule has 0 unspecified atom stereocenters. The van der Waals surface area contributed by atoms with E-state index >= 15 is 0 Å². The minimum atomic E-state index is -0.546. The standard InChI is InChI=1S/C21H25ClN6O2/c1-13-6-5-7-18(28(24)21(29)27(4)23)16(13)12-30-19-9-8-15(10-17(19)22)20-14(2)11-26(3)25-20/h5-11H,12,23-24H2,1-4H3. The van der Waals surface area contributed by atoms with Gasteiger partial charge in [0.25, 0.3) is 0 Å². The van der Waals surface area contributed by atoms with E-state index in [-0.39, 0.29) is 6.61 Å². The van der Waals surface area contributed by atoms with E-state index in [1.54, 1.807) is 10.7 Å². The van der Waals surface area contributed by atoms with Crippen molar-refractivity contribution < 1.29 is 9.53 Å². The van der Waals surface area contributed by atoms with E-state index in [0.717, 1.165) is 38.0 Å². The summed E-state index contributed by atoms with van der Waals surface area (Å²) in [5, 5.41) is 6.86. The fourth-order valence-corrected chi connectivity index (χ4v) is 3.42. The van der Waals surface area contributed by atoms with Crippen LogP contribution in [0.3, 0.4) is 0 Å². The Hall–Kier alpha value is -3.07.